The van der Waals surface area contributed by atoms with Crippen LogP contribution in [0, 0.1) is 17.6 Å². The number of nitrogens with two attached hydrogens (primary N) is 1. The molecular weight excluding hydrogens is 276 g/mol. The lowest BCUT2D eigenvalue weighted by Gasteiger charge is -2.32. The molecule has 1 aromatic carbocycles. The Kier molecular flexibility index (Phi) is 5.64. The third-order valence-electron chi connectivity index (χ3n) is 3.75. The summed E-state index contributed by atoms with van der Waals surface area (Å²) in [4.78, 5) is 14.0. The van der Waals surface area contributed by atoms with E-state index in [9.17, 15) is 13.6 Å². The average Bonchev–Trinajstić information content (AvgIpc) is 2.43. The molecule has 0 spiro atoms. The van der Waals surface area contributed by atoms with Gasteiger partial charge in [0.25, 0.3) is 0 Å². The fourth-order valence-electron chi connectivity index (χ4n) is 2.75. The number of hydrogen-bond acceptors (Lipinski definition) is 3. The zero-order valence-electron chi connectivity index (χ0n) is 11.9. The molecule has 0 aromatic heterocycles. The van der Waals surface area contributed by atoms with E-state index in [-0.39, 0.29) is 18.1 Å². The molecule has 0 saturated carbocycles. The van der Waals surface area contributed by atoms with Crippen LogP contribution in [0.5, 0.6) is 0 Å². The normalized spacial score (nSPS) is 19.5. The molecule has 1 heterocycles. The van der Waals surface area contributed by atoms with Gasteiger partial charge in [-0.2, -0.15) is 0 Å². The van der Waals surface area contributed by atoms with Crippen LogP contribution in [0.2, 0.25) is 0 Å². The Hall–Kier alpha value is -1.53. The van der Waals surface area contributed by atoms with Crippen LogP contribution in [0.15, 0.2) is 18.2 Å². The molecule has 0 aliphatic carbocycles. The van der Waals surface area contributed by atoms with Gasteiger partial charge in [0.05, 0.1) is 12.2 Å². The first-order chi connectivity index (χ1) is 10.1. The van der Waals surface area contributed by atoms with Crippen LogP contribution in [-0.2, 0) is 4.79 Å². The van der Waals surface area contributed by atoms with Gasteiger partial charge < -0.3 is 11.1 Å². The molecule has 21 heavy (non-hydrogen) atoms. The first kappa shape index (κ1) is 15.9. The monoisotopic (exact) mass is 297 g/mol. The van der Waals surface area contributed by atoms with Gasteiger partial charge in [-0.05, 0) is 50.4 Å². The maximum atomic E-state index is 13.5. The third-order valence-corrected chi connectivity index (χ3v) is 3.75. The number of rotatable bonds is 5. The van der Waals surface area contributed by atoms with Crippen molar-refractivity contribution in [2.45, 2.75) is 19.3 Å². The Bertz CT molecular complexity index is 494. The summed E-state index contributed by atoms with van der Waals surface area (Å²) in [6, 6.07) is 3.11. The van der Waals surface area contributed by atoms with E-state index in [1.165, 1.54) is 6.07 Å². The first-order valence-corrected chi connectivity index (χ1v) is 7.26. The summed E-state index contributed by atoms with van der Waals surface area (Å²) in [7, 11) is 0. The number of anilines is 1. The number of carbonyl (C=O) groups is 1. The molecule has 1 amide bonds. The molecule has 1 unspecified atom stereocenters. The maximum Gasteiger partial charge on any atom is 0.238 e. The van der Waals surface area contributed by atoms with Crippen molar-refractivity contribution in [2.75, 3.05) is 31.5 Å². The highest BCUT2D eigenvalue weighted by Gasteiger charge is 2.21. The molecule has 3 N–H and O–H groups in total. The van der Waals surface area contributed by atoms with Gasteiger partial charge in [-0.25, -0.2) is 8.78 Å². The number of nitrogens with zero attached hydrogens (tertiary/aromatic N) is 1. The van der Waals surface area contributed by atoms with Gasteiger partial charge in [0.15, 0.2) is 0 Å². The van der Waals surface area contributed by atoms with E-state index in [2.05, 4.69) is 10.2 Å². The number of likely N-dealkylation sites (tertiary alicyclic amines) is 1. The number of benzene rings is 1. The van der Waals surface area contributed by atoms with Crippen molar-refractivity contribution in [3.05, 3.63) is 29.8 Å². The second-order valence-corrected chi connectivity index (χ2v) is 5.49. The van der Waals surface area contributed by atoms with Crippen LogP contribution in [0.3, 0.4) is 0 Å². The number of amides is 1. The van der Waals surface area contributed by atoms with Crippen molar-refractivity contribution in [1.82, 2.24) is 4.90 Å². The zero-order chi connectivity index (χ0) is 15.2. The summed E-state index contributed by atoms with van der Waals surface area (Å²) >= 11 is 0. The standard InChI is InChI=1S/C15H21F2N3O/c16-12-3-4-14(13(17)8-12)19-15(21)10-20-7-1-2-11(9-20)5-6-18/h3-4,8,11H,1-2,5-7,9-10,18H2,(H,19,21). The lowest BCUT2D eigenvalue weighted by Crippen LogP contribution is -2.41. The Morgan fingerprint density at radius 2 is 2.24 bits per heavy atom. The Morgan fingerprint density at radius 3 is 2.95 bits per heavy atom. The minimum atomic E-state index is -0.761. The second kappa shape index (κ2) is 7.47. The summed E-state index contributed by atoms with van der Waals surface area (Å²) in [6.07, 6.45) is 3.15. The Balaban J connectivity index is 1.86. The van der Waals surface area contributed by atoms with Gasteiger partial charge >= 0.3 is 0 Å². The summed E-state index contributed by atoms with van der Waals surface area (Å²) in [6.45, 7) is 2.58. The zero-order valence-corrected chi connectivity index (χ0v) is 11.9. The van der Waals surface area contributed by atoms with Crippen molar-refractivity contribution in [1.29, 1.82) is 0 Å². The van der Waals surface area contributed by atoms with E-state index < -0.39 is 11.6 Å². The van der Waals surface area contributed by atoms with Crippen molar-refractivity contribution < 1.29 is 13.6 Å². The van der Waals surface area contributed by atoms with Crippen molar-refractivity contribution >= 4 is 11.6 Å². The lowest BCUT2D eigenvalue weighted by molar-refractivity contribution is -0.117. The number of piperidine rings is 1. The SMILES string of the molecule is NCCC1CCCN(CC(=O)Nc2ccc(F)cc2F)C1. The molecule has 0 bridgehead atoms. The Morgan fingerprint density at radius 1 is 1.43 bits per heavy atom. The average molecular weight is 297 g/mol. The number of carbonyl (C=O) groups excluding carboxylic acids is 1. The molecule has 1 saturated heterocycles. The largest absolute Gasteiger partial charge is 0.330 e. The second-order valence-electron chi connectivity index (χ2n) is 5.49. The van der Waals surface area contributed by atoms with Crippen LogP contribution in [0.25, 0.3) is 0 Å². The highest BCUT2D eigenvalue weighted by Crippen LogP contribution is 2.19. The van der Waals surface area contributed by atoms with Crippen molar-refractivity contribution in [3.63, 3.8) is 0 Å². The minimum absolute atomic E-state index is 0.0110. The van der Waals surface area contributed by atoms with Gasteiger partial charge in [0.2, 0.25) is 5.91 Å². The molecule has 1 aliphatic rings. The van der Waals surface area contributed by atoms with E-state index in [0.29, 0.717) is 12.5 Å². The first-order valence-electron chi connectivity index (χ1n) is 7.26. The summed E-state index contributed by atoms with van der Waals surface area (Å²) in [5.41, 5.74) is 5.58. The number of halogens is 2. The van der Waals surface area contributed by atoms with Crippen LogP contribution < -0.4 is 11.1 Å². The van der Waals surface area contributed by atoms with Gasteiger partial charge in [-0.15, -0.1) is 0 Å². The van der Waals surface area contributed by atoms with Crippen LogP contribution in [-0.4, -0.2) is 37.0 Å². The van der Waals surface area contributed by atoms with Crippen LogP contribution >= 0.6 is 0 Å². The van der Waals surface area contributed by atoms with E-state index in [4.69, 9.17) is 5.73 Å². The van der Waals surface area contributed by atoms with Gasteiger partial charge in [0, 0.05) is 12.6 Å². The number of nitrogens with one attached hydrogen (secondary N) is 1. The molecular formula is C15H21F2N3O. The van der Waals surface area contributed by atoms with E-state index in [1.807, 2.05) is 0 Å². The third kappa shape index (κ3) is 4.75. The predicted molar refractivity (Wildman–Crippen MR) is 77.8 cm³/mol. The van der Waals surface area contributed by atoms with Gasteiger partial charge in [-0.3, -0.25) is 9.69 Å². The lowest BCUT2D eigenvalue weighted by atomic mass is 9.95. The van der Waals surface area contributed by atoms with Gasteiger partial charge in [-0.1, -0.05) is 0 Å². The summed E-state index contributed by atoms with van der Waals surface area (Å²) in [5.74, 6) is -1.18. The molecule has 1 aromatic rings. The predicted octanol–water partition coefficient (Wildman–Crippen LogP) is 1.96. The van der Waals surface area contributed by atoms with E-state index >= 15 is 0 Å². The van der Waals surface area contributed by atoms with E-state index in [1.54, 1.807) is 0 Å². The highest BCUT2D eigenvalue weighted by atomic mass is 19.1. The number of hydrogen-bond donors (Lipinski definition) is 2. The molecule has 0 radical (unpaired) electrons. The smallest absolute Gasteiger partial charge is 0.238 e. The maximum absolute atomic E-state index is 13.5. The highest BCUT2D eigenvalue weighted by molar-refractivity contribution is 5.92. The molecule has 1 atom stereocenters. The molecule has 1 fully saturated rings. The minimum Gasteiger partial charge on any atom is -0.330 e. The van der Waals surface area contributed by atoms with Crippen LogP contribution in [0.4, 0.5) is 14.5 Å². The fraction of sp³-hybridized carbons (Fsp3) is 0.533. The summed E-state index contributed by atoms with van der Waals surface area (Å²) < 4.78 is 26.3. The molecule has 6 heteroatoms. The molecule has 4 nitrogen and oxygen atoms in total. The van der Waals surface area contributed by atoms with Gasteiger partial charge in [0.1, 0.15) is 11.6 Å². The molecule has 1 aliphatic heterocycles. The van der Waals surface area contributed by atoms with Crippen molar-refractivity contribution in [3.8, 4) is 0 Å². The quantitative estimate of drug-likeness (QED) is 0.873. The Labute approximate surface area is 123 Å². The molecule has 2 rings (SSSR count). The fourth-order valence-corrected chi connectivity index (χ4v) is 2.75. The van der Waals surface area contributed by atoms with Crippen LogP contribution in [0.1, 0.15) is 19.3 Å². The van der Waals surface area contributed by atoms with E-state index in [0.717, 1.165) is 44.5 Å². The topological polar surface area (TPSA) is 58.4 Å². The van der Waals surface area contributed by atoms with Crippen molar-refractivity contribution in [2.24, 2.45) is 11.7 Å². The summed E-state index contributed by atoms with van der Waals surface area (Å²) in [5, 5.41) is 2.48. The molecule has 116 valence electrons.